The average Bonchev–Trinajstić information content (AvgIpc) is 3.23. The van der Waals surface area contributed by atoms with Crippen LogP contribution in [0.15, 0.2) is 18.3 Å². The maximum absolute atomic E-state index is 9.84. The molecule has 1 aliphatic carbocycles. The molecule has 1 saturated heterocycles. The van der Waals surface area contributed by atoms with Crippen molar-refractivity contribution in [2.45, 2.75) is 25.9 Å². The van der Waals surface area contributed by atoms with E-state index in [1.165, 1.54) is 19.4 Å². The van der Waals surface area contributed by atoms with Gasteiger partial charge in [-0.3, -0.25) is 4.90 Å². The van der Waals surface area contributed by atoms with Crippen LogP contribution in [-0.2, 0) is 0 Å². The summed E-state index contributed by atoms with van der Waals surface area (Å²) < 4.78 is 0. The summed E-state index contributed by atoms with van der Waals surface area (Å²) in [5, 5.41) is 9.84. The number of rotatable bonds is 4. The first-order valence-electron chi connectivity index (χ1n) is 7.34. The fraction of sp³-hybridized carbons (Fsp3) is 0.667. The zero-order valence-corrected chi connectivity index (χ0v) is 11.6. The number of aromatic nitrogens is 1. The van der Waals surface area contributed by atoms with Crippen LogP contribution >= 0.6 is 0 Å². The van der Waals surface area contributed by atoms with Gasteiger partial charge in [-0.05, 0) is 31.7 Å². The second-order valence-corrected chi connectivity index (χ2v) is 5.82. The van der Waals surface area contributed by atoms with Gasteiger partial charge in [0.2, 0.25) is 0 Å². The number of aliphatic hydroxyl groups is 1. The molecule has 0 radical (unpaired) electrons. The molecule has 1 N–H and O–H groups in total. The summed E-state index contributed by atoms with van der Waals surface area (Å²) in [4.78, 5) is 9.35. The number of nitrogens with zero attached hydrogens (tertiary/aromatic N) is 3. The molecule has 4 heteroatoms. The van der Waals surface area contributed by atoms with E-state index in [1.807, 2.05) is 25.3 Å². The number of anilines is 1. The molecule has 1 aromatic rings. The van der Waals surface area contributed by atoms with E-state index in [4.69, 9.17) is 0 Å². The quantitative estimate of drug-likeness (QED) is 0.895. The molecule has 0 amide bonds. The molecular weight excluding hydrogens is 238 g/mol. The molecule has 2 heterocycles. The fourth-order valence-corrected chi connectivity index (χ4v) is 2.81. The number of aliphatic hydroxyl groups excluding tert-OH is 1. The van der Waals surface area contributed by atoms with Crippen molar-refractivity contribution in [1.29, 1.82) is 0 Å². The lowest BCUT2D eigenvalue weighted by Gasteiger charge is -2.36. The van der Waals surface area contributed by atoms with E-state index in [2.05, 4.69) is 14.8 Å². The van der Waals surface area contributed by atoms with E-state index < -0.39 is 6.10 Å². The Morgan fingerprint density at radius 1 is 1.32 bits per heavy atom. The highest BCUT2D eigenvalue weighted by Crippen LogP contribution is 2.30. The first kappa shape index (κ1) is 12.9. The van der Waals surface area contributed by atoms with Gasteiger partial charge in [-0.1, -0.05) is 6.07 Å². The Kier molecular flexibility index (Phi) is 3.71. The molecule has 2 aliphatic rings. The Morgan fingerprint density at radius 3 is 2.68 bits per heavy atom. The molecule has 0 aromatic carbocycles. The van der Waals surface area contributed by atoms with Crippen molar-refractivity contribution in [2.75, 3.05) is 37.6 Å². The largest absolute Gasteiger partial charge is 0.389 e. The lowest BCUT2D eigenvalue weighted by molar-refractivity contribution is 0.198. The fourth-order valence-electron chi connectivity index (χ4n) is 2.81. The molecule has 3 rings (SSSR count). The number of piperazine rings is 1. The number of pyridine rings is 1. The van der Waals surface area contributed by atoms with E-state index in [0.717, 1.165) is 43.5 Å². The number of hydrogen-bond donors (Lipinski definition) is 1. The Bertz CT molecular complexity index is 423. The van der Waals surface area contributed by atoms with Crippen LogP contribution in [0.3, 0.4) is 0 Å². The standard InChI is InChI=1S/C15H23N3O/c1-12(19)14-3-2-6-16-15(14)18-9-7-17(8-10-18)11-13-4-5-13/h2-3,6,12-13,19H,4-5,7-11H2,1H3. The minimum Gasteiger partial charge on any atom is -0.389 e. The molecule has 19 heavy (non-hydrogen) atoms. The van der Waals surface area contributed by atoms with Gasteiger partial charge < -0.3 is 10.0 Å². The minimum absolute atomic E-state index is 0.451. The van der Waals surface area contributed by atoms with Crippen molar-refractivity contribution >= 4 is 5.82 Å². The summed E-state index contributed by atoms with van der Waals surface area (Å²) in [6, 6.07) is 3.87. The van der Waals surface area contributed by atoms with Crippen LogP contribution in [0.5, 0.6) is 0 Å². The lowest BCUT2D eigenvalue weighted by atomic mass is 10.1. The van der Waals surface area contributed by atoms with Gasteiger partial charge in [-0.15, -0.1) is 0 Å². The zero-order chi connectivity index (χ0) is 13.2. The maximum atomic E-state index is 9.84. The van der Waals surface area contributed by atoms with E-state index >= 15 is 0 Å². The van der Waals surface area contributed by atoms with Crippen LogP contribution in [0, 0.1) is 5.92 Å². The van der Waals surface area contributed by atoms with Crippen molar-refractivity contribution in [3.05, 3.63) is 23.9 Å². The lowest BCUT2D eigenvalue weighted by Crippen LogP contribution is -2.47. The maximum Gasteiger partial charge on any atom is 0.134 e. The van der Waals surface area contributed by atoms with Gasteiger partial charge in [0.15, 0.2) is 0 Å². The highest BCUT2D eigenvalue weighted by atomic mass is 16.3. The molecule has 1 saturated carbocycles. The van der Waals surface area contributed by atoms with E-state index in [1.54, 1.807) is 0 Å². The van der Waals surface area contributed by atoms with Crippen LogP contribution in [0.1, 0.15) is 31.4 Å². The molecule has 1 atom stereocenters. The Hall–Kier alpha value is -1.13. The van der Waals surface area contributed by atoms with Crippen molar-refractivity contribution < 1.29 is 5.11 Å². The predicted octanol–water partition coefficient (Wildman–Crippen LogP) is 1.67. The van der Waals surface area contributed by atoms with E-state index in [-0.39, 0.29) is 0 Å². The topological polar surface area (TPSA) is 39.6 Å². The first-order valence-corrected chi connectivity index (χ1v) is 7.34. The van der Waals surface area contributed by atoms with Gasteiger partial charge in [0.05, 0.1) is 6.10 Å². The molecule has 4 nitrogen and oxygen atoms in total. The normalized spacial score (nSPS) is 22.5. The second-order valence-electron chi connectivity index (χ2n) is 5.82. The average molecular weight is 261 g/mol. The third kappa shape index (κ3) is 3.07. The van der Waals surface area contributed by atoms with Crippen LogP contribution in [0.2, 0.25) is 0 Å². The van der Waals surface area contributed by atoms with Crippen LogP contribution in [-0.4, -0.2) is 47.7 Å². The van der Waals surface area contributed by atoms with Gasteiger partial charge in [-0.25, -0.2) is 4.98 Å². The Labute approximate surface area is 115 Å². The molecule has 1 unspecified atom stereocenters. The Morgan fingerprint density at radius 2 is 2.05 bits per heavy atom. The summed E-state index contributed by atoms with van der Waals surface area (Å²) >= 11 is 0. The highest BCUT2D eigenvalue weighted by molar-refractivity contribution is 5.48. The van der Waals surface area contributed by atoms with Crippen molar-refractivity contribution in [1.82, 2.24) is 9.88 Å². The third-order valence-electron chi connectivity index (χ3n) is 4.15. The zero-order valence-electron chi connectivity index (χ0n) is 11.6. The smallest absolute Gasteiger partial charge is 0.134 e. The molecule has 0 spiro atoms. The monoisotopic (exact) mass is 261 g/mol. The summed E-state index contributed by atoms with van der Waals surface area (Å²) in [6.45, 7) is 7.36. The molecule has 1 aromatic heterocycles. The van der Waals surface area contributed by atoms with Crippen LogP contribution in [0.25, 0.3) is 0 Å². The van der Waals surface area contributed by atoms with Crippen LogP contribution < -0.4 is 4.90 Å². The summed E-state index contributed by atoms with van der Waals surface area (Å²) in [5.41, 5.74) is 0.943. The third-order valence-corrected chi connectivity index (χ3v) is 4.15. The molecule has 0 bridgehead atoms. The first-order chi connectivity index (χ1) is 9.24. The molecule has 1 aliphatic heterocycles. The van der Waals surface area contributed by atoms with E-state index in [0.29, 0.717) is 0 Å². The molecule has 104 valence electrons. The van der Waals surface area contributed by atoms with Crippen molar-refractivity contribution in [3.8, 4) is 0 Å². The molecular formula is C15H23N3O. The van der Waals surface area contributed by atoms with Gasteiger partial charge in [-0.2, -0.15) is 0 Å². The summed E-state index contributed by atoms with van der Waals surface area (Å²) in [5.74, 6) is 1.93. The van der Waals surface area contributed by atoms with Gasteiger partial charge >= 0.3 is 0 Å². The van der Waals surface area contributed by atoms with Gasteiger partial charge in [0.25, 0.3) is 0 Å². The second kappa shape index (κ2) is 5.47. The van der Waals surface area contributed by atoms with Crippen molar-refractivity contribution in [3.63, 3.8) is 0 Å². The van der Waals surface area contributed by atoms with E-state index in [9.17, 15) is 5.11 Å². The minimum atomic E-state index is -0.451. The molecule has 2 fully saturated rings. The number of hydrogen-bond acceptors (Lipinski definition) is 4. The van der Waals surface area contributed by atoms with Gasteiger partial charge in [0, 0.05) is 44.5 Å². The van der Waals surface area contributed by atoms with Crippen LogP contribution in [0.4, 0.5) is 5.82 Å². The SMILES string of the molecule is CC(O)c1cccnc1N1CCN(CC2CC2)CC1. The Balaban J connectivity index is 1.64. The summed E-state index contributed by atoms with van der Waals surface area (Å²) in [7, 11) is 0. The summed E-state index contributed by atoms with van der Waals surface area (Å²) in [6.07, 6.45) is 4.21. The van der Waals surface area contributed by atoms with Gasteiger partial charge in [0.1, 0.15) is 5.82 Å². The van der Waals surface area contributed by atoms with Crippen molar-refractivity contribution in [2.24, 2.45) is 5.92 Å². The highest BCUT2D eigenvalue weighted by Gasteiger charge is 2.27. The predicted molar refractivity (Wildman–Crippen MR) is 76.2 cm³/mol.